The number of urea groups is 1. The number of rotatable bonds is 11. The number of hydrogen-bond donors (Lipinski definition) is 3. The molecule has 3 N–H and O–H groups in total. The Morgan fingerprint density at radius 1 is 1.12 bits per heavy atom. The van der Waals surface area contributed by atoms with Gasteiger partial charge in [-0.05, 0) is 37.3 Å². The molecule has 0 aliphatic carbocycles. The third-order valence-corrected chi connectivity index (χ3v) is 6.19. The molecule has 180 valence electrons. The summed E-state index contributed by atoms with van der Waals surface area (Å²) in [7, 11) is 0. The molecule has 0 saturated carbocycles. The van der Waals surface area contributed by atoms with Crippen molar-refractivity contribution >= 4 is 17.5 Å². The number of likely N-dealkylation sites (tertiary alicyclic amines) is 1. The molecule has 0 unspecified atom stereocenters. The molecule has 1 aromatic heterocycles. The minimum atomic E-state index is -0.634. The molecule has 2 heterocycles. The van der Waals surface area contributed by atoms with Gasteiger partial charge in [-0.1, -0.05) is 44.2 Å². The average Bonchev–Trinajstić information content (AvgIpc) is 2.81. The van der Waals surface area contributed by atoms with Crippen LogP contribution in [-0.4, -0.2) is 65.9 Å². The Morgan fingerprint density at radius 3 is 2.48 bits per heavy atom. The third kappa shape index (κ3) is 8.02. The Morgan fingerprint density at radius 2 is 1.82 bits per heavy atom. The summed E-state index contributed by atoms with van der Waals surface area (Å²) in [6.45, 7) is 9.24. The number of piperidine rings is 1. The van der Waals surface area contributed by atoms with Gasteiger partial charge in [0.2, 0.25) is 0 Å². The second kappa shape index (κ2) is 12.6. The maximum atomic E-state index is 12.4. The zero-order chi connectivity index (χ0) is 23.5. The van der Waals surface area contributed by atoms with E-state index in [0.717, 1.165) is 69.9 Å². The predicted octanol–water partition coefficient (Wildman–Crippen LogP) is 3.90. The van der Waals surface area contributed by atoms with Gasteiger partial charge in [0.15, 0.2) is 0 Å². The molecule has 1 aliphatic heterocycles. The lowest BCUT2D eigenvalue weighted by Crippen LogP contribution is -2.47. The topological polar surface area (TPSA) is 80.7 Å². The molecule has 7 nitrogen and oxygen atoms in total. The van der Waals surface area contributed by atoms with Crippen LogP contribution in [0.15, 0.2) is 48.7 Å². The summed E-state index contributed by atoms with van der Waals surface area (Å²) in [5, 5.41) is 16.8. The van der Waals surface area contributed by atoms with Crippen molar-refractivity contribution in [2.75, 3.05) is 49.5 Å². The number of carbonyl (C=O) groups is 1. The number of pyridine rings is 1. The number of carbonyl (C=O) groups excluding carboxylic acids is 1. The predicted molar refractivity (Wildman–Crippen MR) is 135 cm³/mol. The molecule has 1 aromatic carbocycles. The quantitative estimate of drug-likeness (QED) is 0.481. The van der Waals surface area contributed by atoms with Crippen LogP contribution in [0.4, 0.5) is 16.3 Å². The van der Waals surface area contributed by atoms with Crippen molar-refractivity contribution in [1.82, 2.24) is 15.2 Å². The van der Waals surface area contributed by atoms with Gasteiger partial charge in [-0.15, -0.1) is 0 Å². The van der Waals surface area contributed by atoms with Crippen LogP contribution >= 0.6 is 0 Å². The number of nitrogens with one attached hydrogen (secondary N) is 2. The van der Waals surface area contributed by atoms with Crippen LogP contribution in [0, 0.1) is 0 Å². The molecule has 2 aromatic rings. The van der Waals surface area contributed by atoms with Crippen molar-refractivity contribution in [3.8, 4) is 0 Å². The molecule has 0 bridgehead atoms. The molecule has 3 rings (SSSR count). The molecule has 1 aliphatic rings. The van der Waals surface area contributed by atoms with Gasteiger partial charge in [-0.25, -0.2) is 9.78 Å². The second-order valence-electron chi connectivity index (χ2n) is 9.00. The lowest BCUT2D eigenvalue weighted by Gasteiger charge is -2.38. The van der Waals surface area contributed by atoms with Gasteiger partial charge in [-0.3, -0.25) is 0 Å². The Balaban J connectivity index is 1.39. The summed E-state index contributed by atoms with van der Waals surface area (Å²) in [6, 6.07) is 13.7. The fourth-order valence-electron chi connectivity index (χ4n) is 4.40. The van der Waals surface area contributed by atoms with Crippen LogP contribution in [0.1, 0.15) is 45.1 Å². The van der Waals surface area contributed by atoms with Gasteiger partial charge in [0.05, 0.1) is 5.60 Å². The summed E-state index contributed by atoms with van der Waals surface area (Å²) < 4.78 is 0. The Hall–Kier alpha value is -2.64. The lowest BCUT2D eigenvalue weighted by atomic mass is 9.85. The number of nitrogens with zero attached hydrogens (tertiary/aromatic N) is 3. The van der Waals surface area contributed by atoms with Crippen molar-refractivity contribution in [2.24, 2.45) is 0 Å². The van der Waals surface area contributed by atoms with Crippen LogP contribution in [0.2, 0.25) is 0 Å². The lowest BCUT2D eigenvalue weighted by molar-refractivity contribution is -0.0201. The first kappa shape index (κ1) is 25.0. The zero-order valence-corrected chi connectivity index (χ0v) is 20.1. The van der Waals surface area contributed by atoms with Crippen molar-refractivity contribution in [2.45, 2.75) is 51.6 Å². The number of benzene rings is 1. The Bertz CT molecular complexity index is 847. The van der Waals surface area contributed by atoms with Gasteiger partial charge < -0.3 is 25.5 Å². The summed E-state index contributed by atoms with van der Waals surface area (Å²) in [5.41, 5.74) is 1.29. The first-order chi connectivity index (χ1) is 16.0. The number of hydrogen-bond acceptors (Lipinski definition) is 5. The summed E-state index contributed by atoms with van der Waals surface area (Å²) >= 11 is 0. The van der Waals surface area contributed by atoms with E-state index < -0.39 is 5.60 Å². The zero-order valence-electron chi connectivity index (χ0n) is 20.1. The normalized spacial score (nSPS) is 15.7. The summed E-state index contributed by atoms with van der Waals surface area (Å²) in [5.74, 6) is 0.896. The third-order valence-electron chi connectivity index (χ3n) is 6.19. The monoisotopic (exact) mass is 453 g/mol. The maximum absolute atomic E-state index is 12.4. The van der Waals surface area contributed by atoms with Crippen molar-refractivity contribution in [1.29, 1.82) is 0 Å². The van der Waals surface area contributed by atoms with Crippen LogP contribution in [0.3, 0.4) is 0 Å². The highest BCUT2D eigenvalue weighted by Gasteiger charge is 2.32. The largest absolute Gasteiger partial charge is 0.389 e. The van der Waals surface area contributed by atoms with Crippen LogP contribution < -0.4 is 15.5 Å². The van der Waals surface area contributed by atoms with Crippen molar-refractivity contribution in [3.05, 3.63) is 54.2 Å². The van der Waals surface area contributed by atoms with Gasteiger partial charge >= 0.3 is 6.03 Å². The van der Waals surface area contributed by atoms with Gasteiger partial charge in [0.1, 0.15) is 5.82 Å². The molecule has 0 spiro atoms. The van der Waals surface area contributed by atoms with Crippen LogP contribution in [0.5, 0.6) is 0 Å². The standard InChI is InChI=1S/C26H39N5O2/c1-3-15-31(16-4-2)24-20-23(10-13-27-24)29-25(32)28-14-19-30-17-11-26(33,12-18-30)21-22-8-6-5-7-9-22/h5-10,13,20,33H,3-4,11-12,14-19,21H2,1-2H3,(H2,27,28,29,32). The van der Waals surface area contributed by atoms with E-state index in [4.69, 9.17) is 0 Å². The minimum absolute atomic E-state index is 0.206. The van der Waals surface area contributed by atoms with Crippen molar-refractivity contribution in [3.63, 3.8) is 0 Å². The molecular weight excluding hydrogens is 414 g/mol. The second-order valence-corrected chi connectivity index (χ2v) is 9.00. The smallest absolute Gasteiger partial charge is 0.319 e. The molecule has 1 saturated heterocycles. The van der Waals surface area contributed by atoms with Crippen LogP contribution in [-0.2, 0) is 6.42 Å². The van der Waals surface area contributed by atoms with E-state index >= 15 is 0 Å². The fraction of sp³-hybridized carbons (Fsp3) is 0.538. The highest BCUT2D eigenvalue weighted by Crippen LogP contribution is 2.26. The minimum Gasteiger partial charge on any atom is -0.389 e. The van der Waals surface area contributed by atoms with E-state index in [1.807, 2.05) is 30.3 Å². The molecule has 0 radical (unpaired) electrons. The SMILES string of the molecule is CCCN(CCC)c1cc(NC(=O)NCCN2CCC(O)(Cc3ccccc3)CC2)ccn1. The highest BCUT2D eigenvalue weighted by atomic mass is 16.3. The molecular formula is C26H39N5O2. The fourth-order valence-corrected chi connectivity index (χ4v) is 4.40. The summed E-state index contributed by atoms with van der Waals surface area (Å²) in [4.78, 5) is 21.4. The van der Waals surface area contributed by atoms with E-state index in [0.29, 0.717) is 13.0 Å². The number of aromatic nitrogens is 1. The van der Waals surface area contributed by atoms with Gasteiger partial charge in [0, 0.05) is 63.6 Å². The first-order valence-electron chi connectivity index (χ1n) is 12.3. The van der Waals surface area contributed by atoms with E-state index in [9.17, 15) is 9.90 Å². The Kier molecular flexibility index (Phi) is 9.51. The van der Waals surface area contributed by atoms with Crippen LogP contribution in [0.25, 0.3) is 0 Å². The molecule has 7 heteroatoms. The van der Waals surface area contributed by atoms with E-state index in [1.54, 1.807) is 6.20 Å². The van der Waals surface area contributed by atoms with E-state index in [1.165, 1.54) is 5.56 Å². The van der Waals surface area contributed by atoms with Gasteiger partial charge in [0.25, 0.3) is 0 Å². The van der Waals surface area contributed by atoms with Crippen molar-refractivity contribution < 1.29 is 9.90 Å². The van der Waals surface area contributed by atoms with E-state index in [2.05, 4.69) is 51.4 Å². The van der Waals surface area contributed by atoms with Gasteiger partial charge in [-0.2, -0.15) is 0 Å². The summed E-state index contributed by atoms with van der Waals surface area (Å²) in [6.07, 6.45) is 6.05. The first-order valence-corrected chi connectivity index (χ1v) is 12.3. The molecule has 1 fully saturated rings. The van der Waals surface area contributed by atoms with E-state index in [-0.39, 0.29) is 6.03 Å². The molecule has 0 atom stereocenters. The number of anilines is 2. The number of amides is 2. The number of aliphatic hydroxyl groups is 1. The molecule has 33 heavy (non-hydrogen) atoms. The average molecular weight is 454 g/mol. The molecule has 2 amide bonds. The maximum Gasteiger partial charge on any atom is 0.319 e. The Labute approximate surface area is 198 Å². The highest BCUT2D eigenvalue weighted by molar-refractivity contribution is 5.89.